The van der Waals surface area contributed by atoms with Gasteiger partial charge >= 0.3 is 0 Å². The molecule has 0 aliphatic heterocycles. The molecule has 0 saturated heterocycles. The van der Waals surface area contributed by atoms with E-state index in [2.05, 4.69) is 15.3 Å². The summed E-state index contributed by atoms with van der Waals surface area (Å²) in [6.45, 7) is 2.49. The first-order valence-corrected chi connectivity index (χ1v) is 9.87. The lowest BCUT2D eigenvalue weighted by Gasteiger charge is -2.13. The van der Waals surface area contributed by atoms with Crippen molar-refractivity contribution in [3.63, 3.8) is 0 Å². The molecule has 4 N–H and O–H groups in total. The van der Waals surface area contributed by atoms with Crippen molar-refractivity contribution in [1.82, 2.24) is 15.3 Å². The Hall–Kier alpha value is -3.64. The fourth-order valence-corrected chi connectivity index (χ4v) is 3.35. The van der Waals surface area contributed by atoms with E-state index >= 15 is 0 Å². The number of aromatic amines is 1. The lowest BCUT2D eigenvalue weighted by Crippen LogP contribution is -2.41. The van der Waals surface area contributed by atoms with Crippen molar-refractivity contribution < 1.29 is 9.53 Å². The van der Waals surface area contributed by atoms with Gasteiger partial charge in [-0.1, -0.05) is 42.5 Å². The average Bonchev–Trinajstić information content (AvgIpc) is 3.16. The number of carbonyl (C=O) groups excluding carboxylic acids is 1. The van der Waals surface area contributed by atoms with Gasteiger partial charge in [0.25, 0.3) is 0 Å². The number of carbonyl (C=O) groups is 1. The van der Waals surface area contributed by atoms with E-state index in [1.54, 1.807) is 6.20 Å². The summed E-state index contributed by atoms with van der Waals surface area (Å²) in [7, 11) is 0. The number of nitrogens with one attached hydrogen (secondary N) is 2. The molecule has 30 heavy (non-hydrogen) atoms. The molecular formula is C24H24N4O2. The normalized spacial score (nSPS) is 11.9. The number of nitrogens with two attached hydrogens (primary N) is 1. The van der Waals surface area contributed by atoms with Gasteiger partial charge in [0.15, 0.2) is 0 Å². The molecule has 2 aromatic heterocycles. The number of fused-ring (bicyclic) bond motifs is 1. The third-order valence-electron chi connectivity index (χ3n) is 4.99. The lowest BCUT2D eigenvalue weighted by atomic mass is 10.1. The van der Waals surface area contributed by atoms with Crippen LogP contribution in [0, 0.1) is 6.92 Å². The van der Waals surface area contributed by atoms with Gasteiger partial charge < -0.3 is 20.8 Å². The Balaban J connectivity index is 1.36. The summed E-state index contributed by atoms with van der Waals surface area (Å²) >= 11 is 0. The molecule has 0 aliphatic rings. The highest BCUT2D eigenvalue weighted by molar-refractivity contribution is 5.86. The number of aryl methyl sites for hydroxylation is 1. The predicted molar refractivity (Wildman–Crippen MR) is 117 cm³/mol. The highest BCUT2D eigenvalue weighted by Gasteiger charge is 2.14. The number of nitrogens with zero attached hydrogens (tertiary/aromatic N) is 1. The van der Waals surface area contributed by atoms with Crippen LogP contribution < -0.4 is 15.8 Å². The van der Waals surface area contributed by atoms with Crippen LogP contribution in [0.25, 0.3) is 11.0 Å². The van der Waals surface area contributed by atoms with E-state index in [9.17, 15) is 4.79 Å². The molecule has 152 valence electrons. The monoisotopic (exact) mass is 400 g/mol. The summed E-state index contributed by atoms with van der Waals surface area (Å²) < 4.78 is 6.06. The van der Waals surface area contributed by atoms with Crippen LogP contribution in [0.4, 0.5) is 0 Å². The molecule has 4 rings (SSSR count). The Morgan fingerprint density at radius 2 is 1.87 bits per heavy atom. The summed E-state index contributed by atoms with van der Waals surface area (Å²) in [5, 5.41) is 3.86. The molecule has 1 unspecified atom stereocenters. The number of rotatable bonds is 7. The summed E-state index contributed by atoms with van der Waals surface area (Å²) in [4.78, 5) is 19.7. The summed E-state index contributed by atoms with van der Waals surface area (Å²) in [5.74, 6) is 1.30. The molecular weight excluding hydrogens is 376 g/mol. The summed E-state index contributed by atoms with van der Waals surface area (Å²) in [6.07, 6.45) is 4.09. The van der Waals surface area contributed by atoms with Crippen molar-refractivity contribution in [1.29, 1.82) is 0 Å². The Kier molecular flexibility index (Phi) is 5.77. The Morgan fingerprint density at radius 1 is 1.10 bits per heavy atom. The van der Waals surface area contributed by atoms with Crippen molar-refractivity contribution >= 4 is 16.9 Å². The molecule has 1 amide bonds. The van der Waals surface area contributed by atoms with E-state index in [-0.39, 0.29) is 5.91 Å². The summed E-state index contributed by atoms with van der Waals surface area (Å²) in [6, 6.07) is 18.7. The highest BCUT2D eigenvalue weighted by Crippen LogP contribution is 2.30. The first-order chi connectivity index (χ1) is 14.6. The van der Waals surface area contributed by atoms with Crippen LogP contribution in [0.2, 0.25) is 0 Å². The van der Waals surface area contributed by atoms with Gasteiger partial charge in [-0.15, -0.1) is 0 Å². The zero-order valence-electron chi connectivity index (χ0n) is 16.8. The van der Waals surface area contributed by atoms with Gasteiger partial charge in [0.2, 0.25) is 5.91 Å². The Bertz CT molecular complexity index is 1140. The first kappa shape index (κ1) is 19.7. The van der Waals surface area contributed by atoms with E-state index in [0.29, 0.717) is 18.7 Å². The van der Waals surface area contributed by atoms with E-state index < -0.39 is 6.04 Å². The minimum absolute atomic E-state index is 0.165. The number of hydrogen-bond acceptors (Lipinski definition) is 4. The maximum Gasteiger partial charge on any atom is 0.237 e. The SMILES string of the molecule is Cc1c[nH]c2nccc(Oc3ccc(CC(N)C(=O)NCc4ccccc4)cc3)c12. The maximum absolute atomic E-state index is 12.3. The van der Waals surface area contributed by atoms with Gasteiger partial charge in [-0.3, -0.25) is 4.79 Å². The number of amides is 1. The van der Waals surface area contributed by atoms with Gasteiger partial charge in [0.05, 0.1) is 11.4 Å². The molecule has 1 atom stereocenters. The highest BCUT2D eigenvalue weighted by atomic mass is 16.5. The minimum Gasteiger partial charge on any atom is -0.457 e. The number of ether oxygens (including phenoxy) is 1. The molecule has 2 heterocycles. The Labute approximate surface area is 175 Å². The second-order valence-electron chi connectivity index (χ2n) is 7.26. The molecule has 0 aliphatic carbocycles. The molecule has 6 nitrogen and oxygen atoms in total. The molecule has 0 radical (unpaired) electrons. The molecule has 0 spiro atoms. The number of benzene rings is 2. The number of H-pyrrole nitrogens is 1. The largest absolute Gasteiger partial charge is 0.457 e. The van der Waals surface area contributed by atoms with Crippen LogP contribution in [0.3, 0.4) is 0 Å². The first-order valence-electron chi connectivity index (χ1n) is 9.87. The number of aromatic nitrogens is 2. The zero-order valence-corrected chi connectivity index (χ0v) is 16.8. The number of hydrogen-bond donors (Lipinski definition) is 3. The zero-order chi connectivity index (χ0) is 20.9. The van der Waals surface area contributed by atoms with E-state index in [1.807, 2.05) is 73.8 Å². The molecule has 0 saturated carbocycles. The fourth-order valence-electron chi connectivity index (χ4n) is 3.35. The van der Waals surface area contributed by atoms with Crippen LogP contribution in [-0.4, -0.2) is 21.9 Å². The summed E-state index contributed by atoms with van der Waals surface area (Å²) in [5.41, 5.74) is 9.99. The third kappa shape index (κ3) is 4.50. The van der Waals surface area contributed by atoms with Gasteiger partial charge in [-0.25, -0.2) is 4.98 Å². The lowest BCUT2D eigenvalue weighted by molar-refractivity contribution is -0.122. The third-order valence-corrected chi connectivity index (χ3v) is 4.99. The predicted octanol–water partition coefficient (Wildman–Crippen LogP) is 3.85. The molecule has 2 aromatic carbocycles. The van der Waals surface area contributed by atoms with Gasteiger partial charge in [-0.05, 0) is 48.2 Å². The van der Waals surface area contributed by atoms with Crippen LogP contribution in [0.1, 0.15) is 16.7 Å². The van der Waals surface area contributed by atoms with Crippen molar-refractivity contribution in [2.45, 2.75) is 25.9 Å². The van der Waals surface area contributed by atoms with Gasteiger partial charge in [0, 0.05) is 18.9 Å². The average molecular weight is 400 g/mol. The van der Waals surface area contributed by atoms with Gasteiger partial charge in [-0.2, -0.15) is 0 Å². The van der Waals surface area contributed by atoms with Crippen LogP contribution >= 0.6 is 0 Å². The van der Waals surface area contributed by atoms with Crippen LogP contribution in [0.5, 0.6) is 11.5 Å². The van der Waals surface area contributed by atoms with Crippen molar-refractivity contribution in [2.75, 3.05) is 0 Å². The second kappa shape index (κ2) is 8.80. The van der Waals surface area contributed by atoms with E-state index in [4.69, 9.17) is 10.5 Å². The van der Waals surface area contributed by atoms with Crippen molar-refractivity contribution in [3.8, 4) is 11.5 Å². The van der Waals surface area contributed by atoms with Crippen molar-refractivity contribution in [2.24, 2.45) is 5.73 Å². The quantitative estimate of drug-likeness (QED) is 0.439. The number of pyridine rings is 1. The van der Waals surface area contributed by atoms with E-state index in [1.165, 1.54) is 0 Å². The molecule has 4 aromatic rings. The Morgan fingerprint density at radius 3 is 2.63 bits per heavy atom. The van der Waals surface area contributed by atoms with Gasteiger partial charge in [0.1, 0.15) is 17.1 Å². The van der Waals surface area contributed by atoms with Crippen molar-refractivity contribution in [3.05, 3.63) is 89.7 Å². The second-order valence-corrected chi connectivity index (χ2v) is 7.26. The molecule has 6 heteroatoms. The maximum atomic E-state index is 12.3. The standard InChI is InChI=1S/C24H24N4O2/c1-16-14-27-23-22(16)21(11-12-26-23)30-19-9-7-17(8-10-19)13-20(25)24(29)28-15-18-5-3-2-4-6-18/h2-12,14,20H,13,15,25H2,1H3,(H,26,27)(H,28,29). The topological polar surface area (TPSA) is 93.0 Å². The van der Waals surface area contributed by atoms with E-state index in [0.717, 1.165) is 33.5 Å². The van der Waals surface area contributed by atoms with Crippen LogP contribution in [0.15, 0.2) is 73.1 Å². The van der Waals surface area contributed by atoms with Crippen LogP contribution in [-0.2, 0) is 17.8 Å². The smallest absolute Gasteiger partial charge is 0.237 e. The fraction of sp³-hybridized carbons (Fsp3) is 0.167. The molecule has 0 bridgehead atoms. The molecule has 0 fully saturated rings. The minimum atomic E-state index is -0.609.